The van der Waals surface area contributed by atoms with Gasteiger partial charge in [0.05, 0.1) is 0 Å². The van der Waals surface area contributed by atoms with Crippen molar-refractivity contribution in [3.05, 3.63) is 60.2 Å². The van der Waals surface area contributed by atoms with Gasteiger partial charge in [-0.3, -0.25) is 0 Å². The summed E-state index contributed by atoms with van der Waals surface area (Å²) in [6, 6.07) is 16.1. The van der Waals surface area contributed by atoms with Crippen molar-refractivity contribution in [2.24, 2.45) is 0 Å². The highest BCUT2D eigenvalue weighted by molar-refractivity contribution is 5.63. The number of benzene rings is 2. The average Bonchev–Trinajstić information content (AvgIpc) is 2.47. The molecule has 0 amide bonds. The third-order valence-electron chi connectivity index (χ3n) is 3.67. The van der Waals surface area contributed by atoms with Gasteiger partial charge in [0.2, 0.25) is 0 Å². The van der Waals surface area contributed by atoms with Crippen LogP contribution in [0.5, 0.6) is 0 Å². The number of rotatable bonds is 4. The van der Waals surface area contributed by atoms with Gasteiger partial charge in [-0.25, -0.2) is 0 Å². The number of hydrogen-bond donors (Lipinski definition) is 1. The van der Waals surface area contributed by atoms with Gasteiger partial charge in [-0.1, -0.05) is 61.5 Å². The van der Waals surface area contributed by atoms with Crippen LogP contribution < -0.4 is 5.32 Å². The maximum atomic E-state index is 13.3. The number of halogens is 3. The van der Waals surface area contributed by atoms with Crippen LogP contribution in [0.3, 0.4) is 0 Å². The topological polar surface area (TPSA) is 12.0 Å². The summed E-state index contributed by atoms with van der Waals surface area (Å²) < 4.78 is 40.0. The van der Waals surface area contributed by atoms with Gasteiger partial charge in [0.1, 0.15) is 5.54 Å². The molecule has 0 aliphatic carbocycles. The highest BCUT2D eigenvalue weighted by atomic mass is 19.4. The lowest BCUT2D eigenvalue weighted by atomic mass is 9.89. The molecule has 0 saturated carbocycles. The number of nitrogens with one attached hydrogen (secondary N) is 1. The first-order chi connectivity index (χ1) is 9.88. The van der Waals surface area contributed by atoms with Crippen molar-refractivity contribution in [2.45, 2.75) is 25.6 Å². The van der Waals surface area contributed by atoms with Crippen LogP contribution in [-0.4, -0.2) is 12.7 Å². The Balaban J connectivity index is 2.37. The predicted molar refractivity (Wildman–Crippen MR) is 79.0 cm³/mol. The van der Waals surface area contributed by atoms with E-state index in [1.54, 1.807) is 31.2 Å². The lowest BCUT2D eigenvalue weighted by Crippen LogP contribution is -2.51. The molecule has 1 atom stereocenters. The van der Waals surface area contributed by atoms with Gasteiger partial charge < -0.3 is 5.32 Å². The second kappa shape index (κ2) is 5.90. The third-order valence-corrected chi connectivity index (χ3v) is 3.67. The monoisotopic (exact) mass is 293 g/mol. The van der Waals surface area contributed by atoms with Crippen LogP contribution in [-0.2, 0) is 5.54 Å². The molecule has 2 aromatic rings. The van der Waals surface area contributed by atoms with Gasteiger partial charge in [-0.2, -0.15) is 13.2 Å². The van der Waals surface area contributed by atoms with Crippen LogP contribution in [0.1, 0.15) is 19.4 Å². The molecule has 0 heterocycles. The molecular formula is C17H18F3N. The second-order valence-corrected chi connectivity index (χ2v) is 5.10. The van der Waals surface area contributed by atoms with Crippen molar-refractivity contribution in [1.82, 2.24) is 5.32 Å². The summed E-state index contributed by atoms with van der Waals surface area (Å²) in [6.45, 7) is 3.09. The normalized spacial score (nSPS) is 14.7. The Kier molecular flexibility index (Phi) is 4.37. The summed E-state index contributed by atoms with van der Waals surface area (Å²) in [6.07, 6.45) is -4.35. The van der Waals surface area contributed by atoms with Crippen molar-refractivity contribution in [1.29, 1.82) is 0 Å². The van der Waals surface area contributed by atoms with Gasteiger partial charge in [0.25, 0.3) is 0 Å². The third kappa shape index (κ3) is 3.10. The van der Waals surface area contributed by atoms with Crippen molar-refractivity contribution < 1.29 is 13.2 Å². The molecule has 0 aliphatic heterocycles. The molecule has 2 rings (SSSR count). The first kappa shape index (κ1) is 15.6. The van der Waals surface area contributed by atoms with Crippen LogP contribution in [0.15, 0.2) is 54.6 Å². The molecule has 0 spiro atoms. The fraction of sp³-hybridized carbons (Fsp3) is 0.294. The molecule has 112 valence electrons. The highest BCUT2D eigenvalue weighted by Gasteiger charge is 2.51. The van der Waals surface area contributed by atoms with Crippen LogP contribution in [0.2, 0.25) is 0 Å². The van der Waals surface area contributed by atoms with Crippen LogP contribution in [0.4, 0.5) is 13.2 Å². The van der Waals surface area contributed by atoms with E-state index < -0.39 is 11.7 Å². The second-order valence-electron chi connectivity index (χ2n) is 5.10. The van der Waals surface area contributed by atoms with Crippen LogP contribution in [0.25, 0.3) is 11.1 Å². The van der Waals surface area contributed by atoms with E-state index in [-0.39, 0.29) is 12.1 Å². The zero-order chi connectivity index (χ0) is 15.5. The van der Waals surface area contributed by atoms with E-state index in [0.29, 0.717) is 0 Å². The Morgan fingerprint density at radius 1 is 0.857 bits per heavy atom. The quantitative estimate of drug-likeness (QED) is 0.858. The minimum Gasteiger partial charge on any atom is -0.300 e. The molecule has 1 unspecified atom stereocenters. The lowest BCUT2D eigenvalue weighted by Gasteiger charge is -2.33. The Bertz CT molecular complexity index is 575. The molecule has 0 bridgehead atoms. The zero-order valence-corrected chi connectivity index (χ0v) is 12.0. The summed E-state index contributed by atoms with van der Waals surface area (Å²) in [5.74, 6) is 0. The molecule has 0 aromatic heterocycles. The van der Waals surface area contributed by atoms with Crippen molar-refractivity contribution >= 4 is 0 Å². The first-order valence-corrected chi connectivity index (χ1v) is 6.86. The summed E-state index contributed by atoms with van der Waals surface area (Å²) in [5.41, 5.74) is 0.0786. The summed E-state index contributed by atoms with van der Waals surface area (Å²) in [4.78, 5) is 0. The Hall–Kier alpha value is -1.81. The summed E-state index contributed by atoms with van der Waals surface area (Å²) >= 11 is 0. The Labute approximate surface area is 122 Å². The number of alkyl halides is 3. The fourth-order valence-corrected chi connectivity index (χ4v) is 2.35. The molecule has 21 heavy (non-hydrogen) atoms. The van der Waals surface area contributed by atoms with E-state index in [4.69, 9.17) is 0 Å². The van der Waals surface area contributed by atoms with Gasteiger partial charge in [0, 0.05) is 0 Å². The Morgan fingerprint density at radius 2 is 1.38 bits per heavy atom. The van der Waals surface area contributed by atoms with Gasteiger partial charge in [-0.05, 0) is 30.2 Å². The predicted octanol–water partition coefficient (Wildman–Crippen LogP) is 4.74. The lowest BCUT2D eigenvalue weighted by molar-refractivity contribution is -0.195. The van der Waals surface area contributed by atoms with Crippen molar-refractivity contribution in [2.75, 3.05) is 6.54 Å². The molecule has 1 N–H and O–H groups in total. The maximum absolute atomic E-state index is 13.3. The van der Waals surface area contributed by atoms with E-state index in [1.165, 1.54) is 6.92 Å². The van der Waals surface area contributed by atoms with Gasteiger partial charge >= 0.3 is 6.18 Å². The smallest absolute Gasteiger partial charge is 0.300 e. The molecule has 2 aromatic carbocycles. The molecular weight excluding hydrogens is 275 g/mol. The van der Waals surface area contributed by atoms with E-state index in [9.17, 15) is 13.2 Å². The average molecular weight is 293 g/mol. The van der Waals surface area contributed by atoms with Crippen molar-refractivity contribution in [3.63, 3.8) is 0 Å². The minimum absolute atomic E-state index is 0.219. The largest absolute Gasteiger partial charge is 0.410 e. The molecule has 0 fully saturated rings. The van der Waals surface area contributed by atoms with E-state index in [2.05, 4.69) is 5.32 Å². The Morgan fingerprint density at radius 3 is 1.86 bits per heavy atom. The minimum atomic E-state index is -4.35. The van der Waals surface area contributed by atoms with Crippen LogP contribution >= 0.6 is 0 Å². The van der Waals surface area contributed by atoms with E-state index in [0.717, 1.165) is 11.1 Å². The van der Waals surface area contributed by atoms with Gasteiger partial charge in [-0.15, -0.1) is 0 Å². The van der Waals surface area contributed by atoms with Crippen LogP contribution in [0, 0.1) is 0 Å². The van der Waals surface area contributed by atoms with Gasteiger partial charge in [0.15, 0.2) is 0 Å². The number of hydrogen-bond acceptors (Lipinski definition) is 1. The zero-order valence-electron chi connectivity index (χ0n) is 12.0. The summed E-state index contributed by atoms with van der Waals surface area (Å²) in [7, 11) is 0. The van der Waals surface area contributed by atoms with E-state index in [1.807, 2.05) is 30.3 Å². The molecule has 0 saturated heterocycles. The molecule has 0 radical (unpaired) electrons. The fourth-order valence-electron chi connectivity index (χ4n) is 2.35. The molecule has 0 aliphatic rings. The van der Waals surface area contributed by atoms with Crippen molar-refractivity contribution in [3.8, 4) is 11.1 Å². The highest BCUT2D eigenvalue weighted by Crippen LogP contribution is 2.39. The molecule has 1 nitrogen and oxygen atoms in total. The van der Waals surface area contributed by atoms with E-state index >= 15 is 0 Å². The standard InChI is InChI=1S/C17H18F3N/c1-3-21-16(2,17(18,19)20)15-11-9-14(10-12-15)13-7-5-4-6-8-13/h4-12,21H,3H2,1-2H3. The maximum Gasteiger partial charge on any atom is 0.410 e. The SMILES string of the molecule is CCNC(C)(c1ccc(-c2ccccc2)cc1)C(F)(F)F. The molecule has 4 heteroatoms. The first-order valence-electron chi connectivity index (χ1n) is 6.86. The summed E-state index contributed by atoms with van der Waals surface area (Å²) in [5, 5.41) is 2.55.